The highest BCUT2D eigenvalue weighted by Crippen LogP contribution is 2.25. The van der Waals surface area contributed by atoms with Crippen LogP contribution in [0.2, 0.25) is 0 Å². The molecule has 0 bridgehead atoms. The number of hydrogen-bond donors (Lipinski definition) is 2. The third-order valence-electron chi connectivity index (χ3n) is 2.87. The molecular weight excluding hydrogens is 318 g/mol. The van der Waals surface area contributed by atoms with Crippen LogP contribution >= 0.6 is 11.3 Å². The number of ether oxygens (including phenoxy) is 1. The van der Waals surface area contributed by atoms with E-state index < -0.39 is 28.1 Å². The molecule has 0 aromatic carbocycles. The Hall–Kier alpha value is -1.49. The quantitative estimate of drug-likeness (QED) is 0.685. The van der Waals surface area contributed by atoms with Crippen molar-refractivity contribution in [2.45, 2.75) is 10.4 Å². The van der Waals surface area contributed by atoms with Crippen LogP contribution in [0.3, 0.4) is 0 Å². The van der Waals surface area contributed by atoms with Gasteiger partial charge in [0.1, 0.15) is 10.4 Å². The van der Waals surface area contributed by atoms with Crippen LogP contribution in [0.1, 0.15) is 0 Å². The van der Waals surface area contributed by atoms with Crippen molar-refractivity contribution in [2.24, 2.45) is 0 Å². The molecule has 1 unspecified atom stereocenters. The summed E-state index contributed by atoms with van der Waals surface area (Å²) < 4.78 is 31.5. The number of rotatable bonds is 4. The molecule has 1 aliphatic rings. The largest absolute Gasteiger partial charge is 0.359 e. The van der Waals surface area contributed by atoms with Crippen LogP contribution in [-0.4, -0.2) is 57.5 Å². The number of sulfonamides is 1. The van der Waals surface area contributed by atoms with E-state index in [1.54, 1.807) is 11.4 Å². The molecular formula is C11H15N3O5S2. The third kappa shape index (κ3) is 3.40. The smallest absolute Gasteiger partial charge is 0.309 e. The standard InChI is InChI=1S/C11H15N3O5S2/c1-12-10(15)11(16)13-7-8-14(4-5-19-8)21(17,18)9-3-2-6-20-9/h2-3,6,8H,4-5,7H2,1H3,(H,12,15)(H,13,16). The first-order chi connectivity index (χ1) is 9.96. The minimum Gasteiger partial charge on any atom is -0.359 e. The van der Waals surface area contributed by atoms with Gasteiger partial charge in [0.2, 0.25) is 0 Å². The SMILES string of the molecule is CNC(=O)C(=O)NCC1OCCN1S(=O)(=O)c1cccs1. The Morgan fingerprint density at radius 1 is 1.48 bits per heavy atom. The summed E-state index contributed by atoms with van der Waals surface area (Å²) in [6.45, 7) is 0.364. The minimum absolute atomic E-state index is 0.0864. The predicted molar refractivity (Wildman–Crippen MR) is 75.0 cm³/mol. The lowest BCUT2D eigenvalue weighted by molar-refractivity contribution is -0.139. The van der Waals surface area contributed by atoms with Crippen LogP contribution in [0.5, 0.6) is 0 Å². The Labute approximate surface area is 126 Å². The van der Waals surface area contributed by atoms with E-state index in [0.717, 1.165) is 11.3 Å². The van der Waals surface area contributed by atoms with Crippen LogP contribution in [0, 0.1) is 0 Å². The molecule has 10 heteroatoms. The van der Waals surface area contributed by atoms with E-state index in [9.17, 15) is 18.0 Å². The molecule has 0 radical (unpaired) electrons. The zero-order valence-corrected chi connectivity index (χ0v) is 12.9. The van der Waals surface area contributed by atoms with Crippen LogP contribution in [0.4, 0.5) is 0 Å². The number of amides is 2. The van der Waals surface area contributed by atoms with Crippen molar-refractivity contribution in [2.75, 3.05) is 26.7 Å². The molecule has 2 rings (SSSR count). The molecule has 8 nitrogen and oxygen atoms in total. The van der Waals surface area contributed by atoms with Gasteiger partial charge >= 0.3 is 11.8 Å². The summed E-state index contributed by atoms with van der Waals surface area (Å²) in [5.74, 6) is -1.62. The van der Waals surface area contributed by atoms with Crippen molar-refractivity contribution >= 4 is 33.2 Å². The van der Waals surface area contributed by atoms with E-state index in [4.69, 9.17) is 4.74 Å². The number of thiophene rings is 1. The molecule has 2 N–H and O–H groups in total. The summed E-state index contributed by atoms with van der Waals surface area (Å²) >= 11 is 1.12. The molecule has 1 aliphatic heterocycles. The van der Waals surface area contributed by atoms with Crippen molar-refractivity contribution < 1.29 is 22.7 Å². The Morgan fingerprint density at radius 3 is 2.86 bits per heavy atom. The summed E-state index contributed by atoms with van der Waals surface area (Å²) in [5.41, 5.74) is 0. The van der Waals surface area contributed by atoms with E-state index in [1.807, 2.05) is 0 Å². The highest BCUT2D eigenvalue weighted by atomic mass is 32.2. The average molecular weight is 333 g/mol. The lowest BCUT2D eigenvalue weighted by Crippen LogP contribution is -2.46. The van der Waals surface area contributed by atoms with E-state index in [-0.39, 0.29) is 23.9 Å². The summed E-state index contributed by atoms with van der Waals surface area (Å²) in [4.78, 5) is 22.5. The number of hydrogen-bond acceptors (Lipinski definition) is 6. The van der Waals surface area contributed by atoms with Gasteiger partial charge in [-0.05, 0) is 11.4 Å². The Morgan fingerprint density at radius 2 is 2.24 bits per heavy atom. The van der Waals surface area contributed by atoms with E-state index in [2.05, 4.69) is 10.6 Å². The van der Waals surface area contributed by atoms with Gasteiger partial charge in [-0.1, -0.05) is 6.07 Å². The maximum Gasteiger partial charge on any atom is 0.309 e. The van der Waals surface area contributed by atoms with Gasteiger partial charge in [-0.2, -0.15) is 4.31 Å². The van der Waals surface area contributed by atoms with Gasteiger partial charge in [0.25, 0.3) is 10.0 Å². The van der Waals surface area contributed by atoms with Crippen molar-refractivity contribution in [3.05, 3.63) is 17.5 Å². The highest BCUT2D eigenvalue weighted by Gasteiger charge is 2.37. The molecule has 1 aromatic heterocycles. The summed E-state index contributed by atoms with van der Waals surface area (Å²) in [6, 6.07) is 3.16. The normalized spacial score (nSPS) is 19.4. The second kappa shape index (κ2) is 6.52. The maximum absolute atomic E-state index is 12.4. The second-order valence-corrected chi connectivity index (χ2v) is 7.23. The van der Waals surface area contributed by atoms with Gasteiger partial charge in [-0.25, -0.2) is 8.42 Å². The molecule has 1 fully saturated rings. The van der Waals surface area contributed by atoms with Crippen LogP contribution in [0.25, 0.3) is 0 Å². The molecule has 2 heterocycles. The minimum atomic E-state index is -3.64. The molecule has 1 atom stereocenters. The van der Waals surface area contributed by atoms with Gasteiger partial charge in [-0.3, -0.25) is 9.59 Å². The molecule has 1 aromatic rings. The predicted octanol–water partition coefficient (Wildman–Crippen LogP) is -1.04. The molecule has 116 valence electrons. The number of nitrogens with zero attached hydrogens (tertiary/aromatic N) is 1. The van der Waals surface area contributed by atoms with Crippen molar-refractivity contribution in [1.29, 1.82) is 0 Å². The monoisotopic (exact) mass is 333 g/mol. The number of carbonyl (C=O) groups is 2. The summed E-state index contributed by atoms with van der Waals surface area (Å²) in [5, 5.41) is 6.20. The van der Waals surface area contributed by atoms with Gasteiger partial charge < -0.3 is 15.4 Å². The fourth-order valence-electron chi connectivity index (χ4n) is 1.84. The maximum atomic E-state index is 12.4. The zero-order valence-electron chi connectivity index (χ0n) is 11.2. The molecule has 0 spiro atoms. The topological polar surface area (TPSA) is 105 Å². The van der Waals surface area contributed by atoms with E-state index >= 15 is 0 Å². The second-order valence-electron chi connectivity index (χ2n) is 4.16. The summed E-state index contributed by atoms with van der Waals surface area (Å²) in [6.07, 6.45) is -0.814. The Bertz CT molecular complexity index is 614. The first-order valence-electron chi connectivity index (χ1n) is 6.13. The Kier molecular flexibility index (Phi) is 4.93. The lowest BCUT2D eigenvalue weighted by atomic mass is 10.5. The first kappa shape index (κ1) is 15.9. The Balaban J connectivity index is 2.04. The third-order valence-corrected chi connectivity index (χ3v) is 6.13. The fourth-order valence-corrected chi connectivity index (χ4v) is 4.47. The van der Waals surface area contributed by atoms with Gasteiger partial charge in [0, 0.05) is 13.6 Å². The lowest BCUT2D eigenvalue weighted by Gasteiger charge is -2.21. The van der Waals surface area contributed by atoms with Crippen LogP contribution in [-0.2, 0) is 24.3 Å². The average Bonchev–Trinajstić information content (AvgIpc) is 3.14. The van der Waals surface area contributed by atoms with Gasteiger partial charge in [-0.15, -0.1) is 11.3 Å². The first-order valence-corrected chi connectivity index (χ1v) is 8.45. The van der Waals surface area contributed by atoms with E-state index in [1.165, 1.54) is 17.4 Å². The molecule has 2 amide bonds. The molecule has 0 aliphatic carbocycles. The van der Waals surface area contributed by atoms with Gasteiger partial charge in [0.15, 0.2) is 0 Å². The van der Waals surface area contributed by atoms with Crippen molar-refractivity contribution in [3.63, 3.8) is 0 Å². The van der Waals surface area contributed by atoms with Crippen LogP contribution in [0.15, 0.2) is 21.7 Å². The molecule has 0 saturated carbocycles. The summed E-state index contributed by atoms with van der Waals surface area (Å²) in [7, 11) is -2.31. The molecule has 21 heavy (non-hydrogen) atoms. The number of nitrogens with one attached hydrogen (secondary N) is 2. The van der Waals surface area contributed by atoms with Crippen LogP contribution < -0.4 is 10.6 Å². The number of carbonyl (C=O) groups excluding carboxylic acids is 2. The number of likely N-dealkylation sites (N-methyl/N-ethyl adjacent to an activating group) is 1. The molecule has 1 saturated heterocycles. The zero-order chi connectivity index (χ0) is 15.5. The van der Waals surface area contributed by atoms with Crippen molar-refractivity contribution in [1.82, 2.24) is 14.9 Å². The highest BCUT2D eigenvalue weighted by molar-refractivity contribution is 7.91. The van der Waals surface area contributed by atoms with E-state index in [0.29, 0.717) is 0 Å². The van der Waals surface area contributed by atoms with Crippen molar-refractivity contribution in [3.8, 4) is 0 Å². The fraction of sp³-hybridized carbons (Fsp3) is 0.455. The van der Waals surface area contributed by atoms with Gasteiger partial charge in [0.05, 0.1) is 13.2 Å².